The van der Waals surface area contributed by atoms with E-state index < -0.39 is 0 Å². The van der Waals surface area contributed by atoms with Crippen molar-refractivity contribution >= 4 is 41.7 Å². The molecule has 0 aliphatic carbocycles. The summed E-state index contributed by atoms with van der Waals surface area (Å²) in [5, 5.41) is 7.93. The highest BCUT2D eigenvalue weighted by Gasteiger charge is 2.21. The van der Waals surface area contributed by atoms with Gasteiger partial charge in [0.2, 0.25) is 5.91 Å². The number of aromatic nitrogens is 4. The maximum Gasteiger partial charge on any atom is 0.277 e. The van der Waals surface area contributed by atoms with E-state index in [4.69, 9.17) is 11.6 Å². The van der Waals surface area contributed by atoms with Crippen LogP contribution in [0, 0.1) is 5.82 Å². The van der Waals surface area contributed by atoms with Gasteiger partial charge in [0.1, 0.15) is 12.4 Å². The van der Waals surface area contributed by atoms with Gasteiger partial charge in [0.25, 0.3) is 5.56 Å². The van der Waals surface area contributed by atoms with E-state index in [9.17, 15) is 14.0 Å². The molecule has 1 amide bonds. The molecular formula is C35H37Cl2FN6O2S. The van der Waals surface area contributed by atoms with E-state index in [0.717, 1.165) is 27.8 Å². The topological polar surface area (TPSA) is 87.1 Å². The number of carbonyl (C=O) groups is 1. The number of rotatable bonds is 13. The third-order valence-corrected chi connectivity index (χ3v) is 9.05. The first-order chi connectivity index (χ1) is 22.2. The molecule has 2 heterocycles. The van der Waals surface area contributed by atoms with Crippen molar-refractivity contribution in [2.45, 2.75) is 36.8 Å². The van der Waals surface area contributed by atoms with Crippen LogP contribution < -0.4 is 5.56 Å². The fourth-order valence-electron chi connectivity index (χ4n) is 4.95. The average molecular weight is 696 g/mol. The minimum atomic E-state index is -0.357. The summed E-state index contributed by atoms with van der Waals surface area (Å²) < 4.78 is 15.2. The van der Waals surface area contributed by atoms with Gasteiger partial charge in [-0.1, -0.05) is 78.8 Å². The van der Waals surface area contributed by atoms with Crippen molar-refractivity contribution in [3.05, 3.63) is 135 Å². The van der Waals surface area contributed by atoms with Crippen LogP contribution >= 0.6 is 35.8 Å². The molecule has 0 bridgehead atoms. The second kappa shape index (κ2) is 16.7. The van der Waals surface area contributed by atoms with Gasteiger partial charge in [-0.15, -0.1) is 12.4 Å². The lowest BCUT2D eigenvalue weighted by molar-refractivity contribution is -0.132. The maximum atomic E-state index is 14.0. The second-order valence-electron chi connectivity index (χ2n) is 11.4. The molecule has 5 rings (SSSR count). The Kier molecular flexibility index (Phi) is 12.8. The molecule has 0 aliphatic rings. The number of likely N-dealkylation sites (N-methyl/N-ethyl adjacent to an activating group) is 1. The maximum absolute atomic E-state index is 14.0. The molecular weight excluding hydrogens is 658 g/mol. The standard InChI is InChI=1S/C35H36ClFN6O2S.ClH/c1-24(29-18-38-39-19-29)32-21-43(35(40-34(32)45)46-23-26-6-14-31(37)15-7-26)22-33(44)42(17-16-41(2)3)20-25-4-8-27(9-5-25)28-10-12-30(36)13-11-28;/h4-15,18-19,21,24H,16-17,20,22-23H2,1-3H3,(H,38,39);1H. The molecule has 2 aromatic heterocycles. The normalized spacial score (nSPS) is 11.7. The summed E-state index contributed by atoms with van der Waals surface area (Å²) in [5.41, 5.74) is 4.97. The zero-order chi connectivity index (χ0) is 32.6. The predicted octanol–water partition coefficient (Wildman–Crippen LogP) is 6.88. The van der Waals surface area contributed by atoms with E-state index in [1.165, 1.54) is 23.9 Å². The van der Waals surface area contributed by atoms with Crippen LogP contribution in [0.3, 0.4) is 0 Å². The van der Waals surface area contributed by atoms with Crippen molar-refractivity contribution in [3.63, 3.8) is 0 Å². The lowest BCUT2D eigenvalue weighted by Crippen LogP contribution is -2.38. The third-order valence-electron chi connectivity index (χ3n) is 7.73. The Morgan fingerprint density at radius 2 is 1.62 bits per heavy atom. The summed E-state index contributed by atoms with van der Waals surface area (Å²) in [6.45, 7) is 3.55. The van der Waals surface area contributed by atoms with Crippen LogP contribution in [0.4, 0.5) is 4.39 Å². The molecule has 0 saturated heterocycles. The molecule has 0 spiro atoms. The molecule has 246 valence electrons. The van der Waals surface area contributed by atoms with Crippen molar-refractivity contribution in [1.82, 2.24) is 29.5 Å². The van der Waals surface area contributed by atoms with Crippen LogP contribution in [0.5, 0.6) is 0 Å². The molecule has 5 aromatic rings. The number of H-pyrrole nitrogens is 1. The van der Waals surface area contributed by atoms with E-state index >= 15 is 0 Å². The summed E-state index contributed by atoms with van der Waals surface area (Å²) in [6, 6.07) is 22.1. The molecule has 12 heteroatoms. The van der Waals surface area contributed by atoms with Crippen molar-refractivity contribution in [3.8, 4) is 11.1 Å². The van der Waals surface area contributed by atoms with Gasteiger partial charge < -0.3 is 14.4 Å². The Morgan fingerprint density at radius 1 is 0.979 bits per heavy atom. The smallest absolute Gasteiger partial charge is 0.277 e. The lowest BCUT2D eigenvalue weighted by Gasteiger charge is -2.26. The van der Waals surface area contributed by atoms with Crippen LogP contribution in [0.1, 0.15) is 35.1 Å². The third kappa shape index (κ3) is 9.77. The molecule has 1 unspecified atom stereocenters. The molecule has 1 N–H and O–H groups in total. The van der Waals surface area contributed by atoms with E-state index in [-0.39, 0.29) is 42.2 Å². The zero-order valence-electron chi connectivity index (χ0n) is 26.4. The first-order valence-electron chi connectivity index (χ1n) is 14.9. The predicted molar refractivity (Wildman–Crippen MR) is 189 cm³/mol. The number of benzene rings is 3. The molecule has 0 fully saturated rings. The van der Waals surface area contributed by atoms with Crippen molar-refractivity contribution in [2.75, 3.05) is 27.2 Å². The SMILES string of the molecule is CC(c1cn[nH]c1)c1cn(CC(=O)N(CCN(C)C)Cc2ccc(-c3ccc(Cl)cc3)cc2)c(SCc2ccc(F)cc2)nc1=O.Cl. The minimum absolute atomic E-state index is 0. The van der Waals surface area contributed by atoms with Gasteiger partial charge >= 0.3 is 0 Å². The highest BCUT2D eigenvalue weighted by atomic mass is 35.5. The number of nitrogens with zero attached hydrogens (tertiary/aromatic N) is 5. The van der Waals surface area contributed by atoms with Gasteiger partial charge in [-0.2, -0.15) is 10.1 Å². The Bertz CT molecular complexity index is 1800. The quantitative estimate of drug-likeness (QED) is 0.107. The lowest BCUT2D eigenvalue weighted by atomic mass is 9.98. The molecule has 8 nitrogen and oxygen atoms in total. The average Bonchev–Trinajstić information content (AvgIpc) is 3.59. The van der Waals surface area contributed by atoms with Crippen LogP contribution in [0.2, 0.25) is 5.02 Å². The minimum Gasteiger partial charge on any atom is -0.336 e. The van der Waals surface area contributed by atoms with Gasteiger partial charge in [0.05, 0.1) is 6.20 Å². The number of hydrogen-bond donors (Lipinski definition) is 1. The van der Waals surface area contributed by atoms with Gasteiger partial charge in [0, 0.05) is 54.3 Å². The van der Waals surface area contributed by atoms with Crippen LogP contribution in [0.15, 0.2) is 101 Å². The van der Waals surface area contributed by atoms with Crippen LogP contribution in [-0.4, -0.2) is 62.6 Å². The Balaban J connectivity index is 0.00000500. The van der Waals surface area contributed by atoms with Gasteiger partial charge in [-0.05, 0) is 66.2 Å². The number of hydrogen-bond acceptors (Lipinski definition) is 6. The van der Waals surface area contributed by atoms with Gasteiger partial charge in [-0.3, -0.25) is 14.7 Å². The Labute approximate surface area is 289 Å². The monoisotopic (exact) mass is 694 g/mol. The number of nitrogens with one attached hydrogen (secondary N) is 1. The molecule has 3 aromatic carbocycles. The van der Waals surface area contributed by atoms with Crippen molar-refractivity contribution in [2.24, 2.45) is 0 Å². The Morgan fingerprint density at radius 3 is 2.23 bits per heavy atom. The molecule has 0 aliphatic heterocycles. The summed E-state index contributed by atoms with van der Waals surface area (Å²) >= 11 is 7.40. The first kappa shape index (κ1) is 35.9. The fraction of sp³-hybridized carbons (Fsp3) is 0.257. The molecule has 1 atom stereocenters. The number of carbonyl (C=O) groups excluding carboxylic acids is 1. The first-order valence-corrected chi connectivity index (χ1v) is 16.3. The zero-order valence-corrected chi connectivity index (χ0v) is 28.8. The van der Waals surface area contributed by atoms with Crippen molar-refractivity contribution < 1.29 is 9.18 Å². The second-order valence-corrected chi connectivity index (χ2v) is 12.8. The van der Waals surface area contributed by atoms with E-state index in [2.05, 4.69) is 15.2 Å². The molecule has 0 radical (unpaired) electrons. The Hall–Kier alpha value is -3.96. The van der Waals surface area contributed by atoms with Gasteiger partial charge in [-0.25, -0.2) is 4.39 Å². The van der Waals surface area contributed by atoms with E-state index in [0.29, 0.717) is 41.1 Å². The van der Waals surface area contributed by atoms with Crippen LogP contribution in [-0.2, 0) is 23.6 Å². The summed E-state index contributed by atoms with van der Waals surface area (Å²) in [6.07, 6.45) is 5.17. The largest absolute Gasteiger partial charge is 0.336 e. The van der Waals surface area contributed by atoms with Crippen LogP contribution in [0.25, 0.3) is 11.1 Å². The van der Waals surface area contributed by atoms with E-state index in [1.807, 2.05) is 79.3 Å². The van der Waals surface area contributed by atoms with Crippen molar-refractivity contribution in [1.29, 1.82) is 0 Å². The highest BCUT2D eigenvalue weighted by Crippen LogP contribution is 2.26. The highest BCUT2D eigenvalue weighted by molar-refractivity contribution is 7.98. The summed E-state index contributed by atoms with van der Waals surface area (Å²) in [7, 11) is 3.95. The summed E-state index contributed by atoms with van der Waals surface area (Å²) in [5.74, 6) is -0.230. The van der Waals surface area contributed by atoms with E-state index in [1.54, 1.807) is 35.3 Å². The number of aromatic amines is 1. The number of halogens is 3. The summed E-state index contributed by atoms with van der Waals surface area (Å²) in [4.78, 5) is 35.6. The fourth-order valence-corrected chi connectivity index (χ4v) is 5.99. The number of amides is 1. The molecule has 47 heavy (non-hydrogen) atoms. The molecule has 0 saturated carbocycles. The number of thioether (sulfide) groups is 1. The van der Waals surface area contributed by atoms with Gasteiger partial charge in [0.15, 0.2) is 5.16 Å².